The molecule has 0 radical (unpaired) electrons. The van der Waals surface area contributed by atoms with Crippen LogP contribution >= 0.6 is 11.6 Å². The number of hydrogen-bond acceptors (Lipinski definition) is 4. The van der Waals surface area contributed by atoms with E-state index in [1.165, 1.54) is 6.07 Å². The molecule has 0 N–H and O–H groups in total. The maximum absolute atomic E-state index is 14.6. The van der Waals surface area contributed by atoms with E-state index >= 15 is 0 Å². The summed E-state index contributed by atoms with van der Waals surface area (Å²) >= 11 is 6.02. The third-order valence-corrected chi connectivity index (χ3v) is 8.14. The molecule has 0 aromatic carbocycles. The molecule has 4 rings (SSSR count). The Kier molecular flexibility index (Phi) is 6.25. The van der Waals surface area contributed by atoms with E-state index in [2.05, 4.69) is 29.7 Å². The molecule has 0 unspecified atom stereocenters. The van der Waals surface area contributed by atoms with E-state index in [4.69, 9.17) is 16.3 Å². The van der Waals surface area contributed by atoms with Crippen LogP contribution in [-0.4, -0.2) is 52.3 Å². The number of hydrogen-bond donors (Lipinski definition) is 0. The van der Waals surface area contributed by atoms with Crippen molar-refractivity contribution in [3.05, 3.63) is 35.0 Å². The Morgan fingerprint density at radius 2 is 2.03 bits per heavy atom. The lowest BCUT2D eigenvalue weighted by molar-refractivity contribution is 0.0558. The van der Waals surface area contributed by atoms with Crippen LogP contribution in [0.5, 0.6) is 0 Å². The van der Waals surface area contributed by atoms with Crippen molar-refractivity contribution in [1.29, 1.82) is 0 Å². The van der Waals surface area contributed by atoms with Gasteiger partial charge in [-0.1, -0.05) is 31.2 Å². The van der Waals surface area contributed by atoms with E-state index in [0.717, 1.165) is 50.9 Å². The van der Waals surface area contributed by atoms with Crippen LogP contribution in [0.15, 0.2) is 18.3 Å². The zero-order valence-corrected chi connectivity index (χ0v) is 20.2. The van der Waals surface area contributed by atoms with Gasteiger partial charge in [0, 0.05) is 32.3 Å². The van der Waals surface area contributed by atoms with Crippen molar-refractivity contribution in [1.82, 2.24) is 19.7 Å². The van der Waals surface area contributed by atoms with Crippen LogP contribution in [0.1, 0.15) is 42.6 Å². The highest BCUT2D eigenvalue weighted by atomic mass is 35.5. The van der Waals surface area contributed by atoms with Crippen molar-refractivity contribution < 1.29 is 13.9 Å². The zero-order chi connectivity index (χ0) is 22.2. The molecule has 2 aliphatic rings. The van der Waals surface area contributed by atoms with Crippen LogP contribution in [0, 0.1) is 5.82 Å². The molecule has 1 spiro atoms. The summed E-state index contributed by atoms with van der Waals surface area (Å²) in [6.07, 6.45) is 6.43. The maximum atomic E-state index is 14.6. The third kappa shape index (κ3) is 5.01. The molecule has 3 heterocycles. The minimum atomic E-state index is -1.23. The fraction of sp³-hybridized carbons (Fsp3) is 0.591. The Labute approximate surface area is 188 Å². The smallest absolute Gasteiger partial charge is 0.274 e. The van der Waals surface area contributed by atoms with Crippen molar-refractivity contribution in [3.8, 4) is 11.3 Å². The quantitative estimate of drug-likeness (QED) is 0.320. The Morgan fingerprint density at radius 1 is 1.26 bits per heavy atom. The SMILES string of the molecule is C[Si](C)(C)CCOCn1nc(C(=O)N2CCCCC23CC3)cc1-c1cc(Cl)ncc1F. The zero-order valence-electron chi connectivity index (χ0n) is 18.5. The van der Waals surface area contributed by atoms with Crippen molar-refractivity contribution in [2.45, 2.75) is 70.1 Å². The Balaban J connectivity index is 1.61. The Hall–Kier alpha value is -1.77. The van der Waals surface area contributed by atoms with Gasteiger partial charge in [0.2, 0.25) is 0 Å². The van der Waals surface area contributed by atoms with E-state index in [-0.39, 0.29) is 28.9 Å². The summed E-state index contributed by atoms with van der Waals surface area (Å²) in [5, 5.41) is 4.73. The lowest BCUT2D eigenvalue weighted by Gasteiger charge is -2.35. The first-order valence-electron chi connectivity index (χ1n) is 11.0. The van der Waals surface area contributed by atoms with Crippen molar-refractivity contribution in [2.24, 2.45) is 0 Å². The van der Waals surface area contributed by atoms with Gasteiger partial charge in [-0.2, -0.15) is 5.10 Å². The number of aromatic nitrogens is 3. The van der Waals surface area contributed by atoms with E-state index in [1.54, 1.807) is 10.7 Å². The highest BCUT2D eigenvalue weighted by Gasteiger charge is 2.51. The number of carbonyl (C=O) groups is 1. The van der Waals surface area contributed by atoms with Crippen molar-refractivity contribution in [3.63, 3.8) is 0 Å². The fourth-order valence-electron chi connectivity index (χ4n) is 4.19. The number of nitrogens with zero attached hydrogens (tertiary/aromatic N) is 4. The average molecular weight is 465 g/mol. The van der Waals surface area contributed by atoms with E-state index in [0.29, 0.717) is 18.0 Å². The molecule has 168 valence electrons. The van der Waals surface area contributed by atoms with Crippen LogP contribution in [0.3, 0.4) is 0 Å². The topological polar surface area (TPSA) is 60.3 Å². The van der Waals surface area contributed by atoms with Crippen molar-refractivity contribution >= 4 is 25.6 Å². The molecular formula is C22H30ClFN4O2Si. The van der Waals surface area contributed by atoms with Gasteiger partial charge in [0.15, 0.2) is 11.5 Å². The van der Waals surface area contributed by atoms with Gasteiger partial charge in [-0.15, -0.1) is 0 Å². The molecule has 2 aromatic heterocycles. The summed E-state index contributed by atoms with van der Waals surface area (Å²) in [5.74, 6) is -0.594. The predicted molar refractivity (Wildman–Crippen MR) is 121 cm³/mol. The van der Waals surface area contributed by atoms with Crippen LogP contribution in [0.2, 0.25) is 30.8 Å². The minimum absolute atomic E-state index is 0.0122. The largest absolute Gasteiger partial charge is 0.360 e. The molecule has 1 saturated heterocycles. The number of piperidine rings is 1. The van der Waals surface area contributed by atoms with E-state index < -0.39 is 13.9 Å². The second kappa shape index (κ2) is 8.63. The number of halogens is 2. The lowest BCUT2D eigenvalue weighted by Crippen LogP contribution is -2.45. The molecule has 1 aliphatic heterocycles. The molecule has 31 heavy (non-hydrogen) atoms. The highest BCUT2D eigenvalue weighted by molar-refractivity contribution is 6.76. The molecule has 0 bridgehead atoms. The molecular weight excluding hydrogens is 435 g/mol. The molecule has 1 saturated carbocycles. The van der Waals surface area contributed by atoms with Crippen LogP contribution < -0.4 is 0 Å². The number of likely N-dealkylation sites (tertiary alicyclic amines) is 1. The first-order chi connectivity index (χ1) is 14.7. The summed E-state index contributed by atoms with van der Waals surface area (Å²) in [6, 6.07) is 4.13. The van der Waals surface area contributed by atoms with Gasteiger partial charge in [-0.25, -0.2) is 14.1 Å². The minimum Gasteiger partial charge on any atom is -0.360 e. The number of ether oxygens (including phenoxy) is 1. The summed E-state index contributed by atoms with van der Waals surface area (Å²) in [5.41, 5.74) is 1.07. The van der Waals surface area contributed by atoms with Gasteiger partial charge >= 0.3 is 0 Å². The second-order valence-electron chi connectivity index (χ2n) is 9.89. The number of rotatable bonds is 7. The predicted octanol–water partition coefficient (Wildman–Crippen LogP) is 5.21. The van der Waals surface area contributed by atoms with Gasteiger partial charge < -0.3 is 9.64 Å². The summed E-state index contributed by atoms with van der Waals surface area (Å²) < 4.78 is 22.0. The van der Waals surface area contributed by atoms with Gasteiger partial charge in [0.05, 0.1) is 11.9 Å². The molecule has 6 nitrogen and oxygen atoms in total. The molecule has 0 atom stereocenters. The fourth-order valence-corrected chi connectivity index (χ4v) is 5.11. The summed E-state index contributed by atoms with van der Waals surface area (Å²) in [4.78, 5) is 19.1. The van der Waals surface area contributed by atoms with Crippen LogP contribution in [-0.2, 0) is 11.5 Å². The molecule has 2 aromatic rings. The lowest BCUT2D eigenvalue weighted by atomic mass is 9.99. The second-order valence-corrected chi connectivity index (χ2v) is 15.9. The first kappa shape index (κ1) is 22.4. The van der Waals surface area contributed by atoms with Gasteiger partial charge in [-0.05, 0) is 50.3 Å². The highest BCUT2D eigenvalue weighted by Crippen LogP contribution is 2.48. The van der Waals surface area contributed by atoms with Crippen LogP contribution in [0.4, 0.5) is 4.39 Å². The molecule has 9 heteroatoms. The summed E-state index contributed by atoms with van der Waals surface area (Å²) in [6.45, 7) is 8.36. The normalized spacial score (nSPS) is 17.9. The van der Waals surface area contributed by atoms with Crippen LogP contribution in [0.25, 0.3) is 11.3 Å². The van der Waals surface area contributed by atoms with E-state index in [9.17, 15) is 9.18 Å². The molecule has 1 amide bonds. The first-order valence-corrected chi connectivity index (χ1v) is 15.1. The van der Waals surface area contributed by atoms with Gasteiger partial charge in [-0.3, -0.25) is 4.79 Å². The van der Waals surface area contributed by atoms with E-state index in [1.807, 2.05) is 4.90 Å². The maximum Gasteiger partial charge on any atom is 0.274 e. The average Bonchev–Trinajstić information content (AvgIpc) is 3.34. The molecule has 2 fully saturated rings. The third-order valence-electron chi connectivity index (χ3n) is 6.23. The number of pyridine rings is 1. The Bertz CT molecular complexity index is 971. The van der Waals surface area contributed by atoms with Crippen molar-refractivity contribution in [2.75, 3.05) is 13.2 Å². The Morgan fingerprint density at radius 3 is 2.74 bits per heavy atom. The van der Waals surface area contributed by atoms with Gasteiger partial charge in [0.1, 0.15) is 11.9 Å². The van der Waals surface area contributed by atoms with Gasteiger partial charge in [0.25, 0.3) is 5.91 Å². The number of amides is 1. The summed E-state index contributed by atoms with van der Waals surface area (Å²) in [7, 11) is -1.23. The molecule has 1 aliphatic carbocycles. The number of carbonyl (C=O) groups excluding carboxylic acids is 1. The standard InChI is InChI=1S/C22H30ClFN4O2Si/c1-31(2,3)11-10-30-15-28-19(16-12-20(23)25-14-17(16)24)13-18(26-28)21(29)27-9-5-4-6-22(27)7-8-22/h12-14H,4-11,15H2,1-3H3. The monoisotopic (exact) mass is 464 g/mol.